The molecule has 0 saturated heterocycles. The van der Waals surface area contributed by atoms with Crippen LogP contribution in [0.1, 0.15) is 21.7 Å². The van der Waals surface area contributed by atoms with Crippen LogP contribution in [0.2, 0.25) is 0 Å². The maximum atomic E-state index is 13.3. The molecule has 1 aliphatic heterocycles. The molecule has 1 aliphatic rings. The van der Waals surface area contributed by atoms with Crippen molar-refractivity contribution in [3.63, 3.8) is 0 Å². The molecule has 172 valence electrons. The topological polar surface area (TPSA) is 78.3 Å². The monoisotopic (exact) mass is 466 g/mol. The summed E-state index contributed by atoms with van der Waals surface area (Å²) < 4.78 is 51.6. The Morgan fingerprint density at radius 1 is 0.971 bits per heavy atom. The van der Waals surface area contributed by atoms with Crippen LogP contribution < -0.4 is 14.8 Å². The SMILES string of the molecule is O=C(NCc1ccc2c(c1)OCO2)c1nc(-c2ccccc2)n(-c2cccc(C(F)(F)F)c2)n1. The minimum atomic E-state index is -4.52. The van der Waals surface area contributed by atoms with Gasteiger partial charge in [-0.2, -0.15) is 13.2 Å². The van der Waals surface area contributed by atoms with Crippen LogP contribution in [0, 0.1) is 0 Å². The van der Waals surface area contributed by atoms with E-state index in [1.165, 1.54) is 16.8 Å². The van der Waals surface area contributed by atoms with Crippen LogP contribution in [-0.2, 0) is 12.7 Å². The Hall–Kier alpha value is -4.34. The average molecular weight is 466 g/mol. The molecular formula is C24H17F3N4O3. The van der Waals surface area contributed by atoms with E-state index in [9.17, 15) is 18.0 Å². The van der Waals surface area contributed by atoms with E-state index in [0.29, 0.717) is 17.1 Å². The van der Waals surface area contributed by atoms with Gasteiger partial charge >= 0.3 is 6.18 Å². The Morgan fingerprint density at radius 2 is 1.76 bits per heavy atom. The maximum Gasteiger partial charge on any atom is 0.416 e. The number of nitrogens with zero attached hydrogens (tertiary/aromatic N) is 3. The molecule has 2 heterocycles. The summed E-state index contributed by atoms with van der Waals surface area (Å²) in [5, 5.41) is 6.96. The zero-order valence-corrected chi connectivity index (χ0v) is 17.5. The van der Waals surface area contributed by atoms with E-state index < -0.39 is 17.6 Å². The molecule has 34 heavy (non-hydrogen) atoms. The molecule has 4 aromatic rings. The van der Waals surface area contributed by atoms with Crippen molar-refractivity contribution in [2.24, 2.45) is 0 Å². The van der Waals surface area contributed by atoms with Gasteiger partial charge < -0.3 is 14.8 Å². The molecule has 0 fully saturated rings. The van der Waals surface area contributed by atoms with Crippen LogP contribution in [0.15, 0.2) is 72.8 Å². The molecular weight excluding hydrogens is 449 g/mol. The zero-order valence-electron chi connectivity index (χ0n) is 17.5. The van der Waals surface area contributed by atoms with Gasteiger partial charge in [0, 0.05) is 12.1 Å². The first-order valence-corrected chi connectivity index (χ1v) is 10.3. The maximum absolute atomic E-state index is 13.3. The molecule has 0 saturated carbocycles. The minimum absolute atomic E-state index is 0.135. The number of fused-ring (bicyclic) bond motifs is 1. The van der Waals surface area contributed by atoms with Gasteiger partial charge in [-0.15, -0.1) is 5.10 Å². The number of ether oxygens (including phenoxy) is 2. The molecule has 0 unspecified atom stereocenters. The second-order valence-electron chi connectivity index (χ2n) is 7.46. The third-order valence-corrected chi connectivity index (χ3v) is 5.15. The smallest absolute Gasteiger partial charge is 0.416 e. The lowest BCUT2D eigenvalue weighted by atomic mass is 10.2. The number of carbonyl (C=O) groups is 1. The number of benzene rings is 3. The Morgan fingerprint density at radius 3 is 2.56 bits per heavy atom. The van der Waals surface area contributed by atoms with Crippen molar-refractivity contribution < 1.29 is 27.4 Å². The van der Waals surface area contributed by atoms with Gasteiger partial charge in [0.05, 0.1) is 11.3 Å². The van der Waals surface area contributed by atoms with Gasteiger partial charge in [0.2, 0.25) is 12.6 Å². The fraction of sp³-hybridized carbons (Fsp3) is 0.125. The number of hydrogen-bond acceptors (Lipinski definition) is 5. The number of halogens is 3. The summed E-state index contributed by atoms with van der Waals surface area (Å²) >= 11 is 0. The van der Waals surface area contributed by atoms with Crippen molar-refractivity contribution in [2.75, 3.05) is 6.79 Å². The highest BCUT2D eigenvalue weighted by molar-refractivity contribution is 5.91. The van der Waals surface area contributed by atoms with Crippen LogP contribution in [0.3, 0.4) is 0 Å². The molecule has 0 aliphatic carbocycles. The first-order valence-electron chi connectivity index (χ1n) is 10.3. The van der Waals surface area contributed by atoms with E-state index in [0.717, 1.165) is 17.7 Å². The quantitative estimate of drug-likeness (QED) is 0.465. The lowest BCUT2D eigenvalue weighted by molar-refractivity contribution is -0.137. The highest BCUT2D eigenvalue weighted by Crippen LogP contribution is 2.33. The van der Waals surface area contributed by atoms with Crippen LogP contribution in [-0.4, -0.2) is 27.5 Å². The molecule has 5 rings (SSSR count). The highest BCUT2D eigenvalue weighted by atomic mass is 19.4. The normalized spacial score (nSPS) is 12.6. The summed E-state index contributed by atoms with van der Waals surface area (Å²) in [7, 11) is 0. The van der Waals surface area contributed by atoms with Crippen molar-refractivity contribution in [3.8, 4) is 28.6 Å². The number of aromatic nitrogens is 3. The molecule has 1 aromatic heterocycles. The minimum Gasteiger partial charge on any atom is -0.454 e. The summed E-state index contributed by atoms with van der Waals surface area (Å²) in [6, 6.07) is 18.8. The molecule has 0 radical (unpaired) electrons. The van der Waals surface area contributed by atoms with E-state index in [4.69, 9.17) is 9.47 Å². The van der Waals surface area contributed by atoms with Crippen LogP contribution in [0.25, 0.3) is 17.1 Å². The summed E-state index contributed by atoms with van der Waals surface area (Å²) in [5.74, 6) is 0.722. The summed E-state index contributed by atoms with van der Waals surface area (Å²) in [6.07, 6.45) is -4.52. The lowest BCUT2D eigenvalue weighted by Gasteiger charge is -2.10. The Kier molecular flexibility index (Phi) is 5.40. The van der Waals surface area contributed by atoms with Crippen molar-refractivity contribution in [1.29, 1.82) is 0 Å². The van der Waals surface area contributed by atoms with E-state index in [2.05, 4.69) is 15.4 Å². The fourth-order valence-electron chi connectivity index (χ4n) is 3.49. The van der Waals surface area contributed by atoms with Crippen molar-refractivity contribution in [2.45, 2.75) is 12.7 Å². The average Bonchev–Trinajstić information content (AvgIpc) is 3.50. The standard InChI is InChI=1S/C24H17F3N4O3/c25-24(26,27)17-7-4-8-18(12-17)31-22(16-5-2-1-3-6-16)29-21(30-31)23(32)28-13-15-9-10-19-20(11-15)34-14-33-19/h1-12H,13-14H2,(H,28,32). The predicted octanol–water partition coefficient (Wildman–Crippen LogP) is 4.61. The molecule has 1 amide bonds. The van der Waals surface area contributed by atoms with Crippen molar-refractivity contribution >= 4 is 5.91 Å². The van der Waals surface area contributed by atoms with Gasteiger partial charge in [-0.3, -0.25) is 4.79 Å². The van der Waals surface area contributed by atoms with Gasteiger partial charge in [0.25, 0.3) is 5.91 Å². The Bertz CT molecular complexity index is 1350. The molecule has 1 N–H and O–H groups in total. The number of amides is 1. The number of carbonyl (C=O) groups excluding carboxylic acids is 1. The van der Waals surface area contributed by atoms with E-state index in [-0.39, 0.29) is 30.7 Å². The molecule has 10 heteroatoms. The molecule has 7 nitrogen and oxygen atoms in total. The van der Waals surface area contributed by atoms with E-state index in [1.807, 2.05) is 0 Å². The second-order valence-corrected chi connectivity index (χ2v) is 7.46. The number of nitrogens with one attached hydrogen (secondary N) is 1. The van der Waals surface area contributed by atoms with Crippen LogP contribution >= 0.6 is 0 Å². The zero-order chi connectivity index (χ0) is 23.7. The summed E-state index contributed by atoms with van der Waals surface area (Å²) in [5.41, 5.74) is 0.685. The van der Waals surface area contributed by atoms with Gasteiger partial charge in [0.15, 0.2) is 17.3 Å². The largest absolute Gasteiger partial charge is 0.454 e. The third kappa shape index (κ3) is 4.29. The van der Waals surface area contributed by atoms with Crippen molar-refractivity contribution in [1.82, 2.24) is 20.1 Å². The number of hydrogen-bond donors (Lipinski definition) is 1. The van der Waals surface area contributed by atoms with Gasteiger partial charge in [-0.05, 0) is 35.9 Å². The fourth-order valence-corrected chi connectivity index (χ4v) is 3.49. The van der Waals surface area contributed by atoms with E-state index >= 15 is 0 Å². The molecule has 3 aromatic carbocycles. The molecule has 0 atom stereocenters. The summed E-state index contributed by atoms with van der Waals surface area (Å²) in [6.45, 7) is 0.318. The van der Waals surface area contributed by atoms with E-state index in [1.54, 1.807) is 48.5 Å². The first kappa shape index (κ1) is 21.5. The third-order valence-electron chi connectivity index (χ3n) is 5.15. The lowest BCUT2D eigenvalue weighted by Crippen LogP contribution is -2.24. The van der Waals surface area contributed by atoms with Crippen LogP contribution in [0.5, 0.6) is 11.5 Å². The number of rotatable bonds is 5. The first-order chi connectivity index (χ1) is 16.4. The molecule has 0 bridgehead atoms. The van der Waals surface area contributed by atoms with Gasteiger partial charge in [-0.1, -0.05) is 42.5 Å². The molecule has 0 spiro atoms. The predicted molar refractivity (Wildman–Crippen MR) is 116 cm³/mol. The highest BCUT2D eigenvalue weighted by Gasteiger charge is 2.31. The summed E-state index contributed by atoms with van der Waals surface area (Å²) in [4.78, 5) is 17.2. The number of alkyl halides is 3. The Balaban J connectivity index is 1.45. The van der Waals surface area contributed by atoms with Gasteiger partial charge in [0.1, 0.15) is 0 Å². The second kappa shape index (κ2) is 8.54. The van der Waals surface area contributed by atoms with Crippen LogP contribution in [0.4, 0.5) is 13.2 Å². The Labute approximate surface area is 191 Å². The van der Waals surface area contributed by atoms with Gasteiger partial charge in [-0.25, -0.2) is 9.67 Å². The van der Waals surface area contributed by atoms with Crippen molar-refractivity contribution in [3.05, 3.63) is 89.7 Å².